The molecule has 2 aliphatic rings. The molecule has 1 saturated heterocycles. The van der Waals surface area contributed by atoms with Crippen molar-refractivity contribution >= 4 is 5.96 Å². The molecule has 0 saturated carbocycles. The number of hydrogen-bond acceptors (Lipinski definition) is 4. The summed E-state index contributed by atoms with van der Waals surface area (Å²) in [5.74, 6) is 1.40. The fourth-order valence-electron chi connectivity index (χ4n) is 2.57. The lowest BCUT2D eigenvalue weighted by molar-refractivity contribution is 0.0831. The van der Waals surface area contributed by atoms with E-state index in [1.165, 1.54) is 6.42 Å². The summed E-state index contributed by atoms with van der Waals surface area (Å²) in [6, 6.07) is 0.490. The molecule has 92 valence electrons. The second-order valence-electron chi connectivity index (χ2n) is 5.27. The Hall–Kier alpha value is -0.770. The smallest absolute Gasteiger partial charge is 0.191 e. The topological polar surface area (TPSA) is 50.8 Å². The van der Waals surface area contributed by atoms with Gasteiger partial charge in [0.05, 0.1) is 18.7 Å². The Labute approximate surface area is 97.9 Å². The first-order valence-corrected chi connectivity index (χ1v) is 6.35. The molecule has 4 nitrogen and oxygen atoms in total. The minimum Gasteiger partial charge on any atom is -0.376 e. The van der Waals surface area contributed by atoms with Crippen molar-refractivity contribution in [1.29, 1.82) is 0 Å². The summed E-state index contributed by atoms with van der Waals surface area (Å²) < 4.78 is 5.66. The van der Waals surface area contributed by atoms with E-state index in [0.717, 1.165) is 32.5 Å². The largest absolute Gasteiger partial charge is 0.376 e. The quantitative estimate of drug-likeness (QED) is 0.782. The van der Waals surface area contributed by atoms with Crippen LogP contribution in [0.3, 0.4) is 0 Å². The standard InChI is InChI=1S/C12H23N3O/c1-9(2)6-10-7-14-12(13)15(10)8-11-4-3-5-16-11/h9-11H,3-8H2,1-2H3,(H2,13,14). The van der Waals surface area contributed by atoms with Gasteiger partial charge in [-0.1, -0.05) is 13.8 Å². The normalized spacial score (nSPS) is 30.2. The Morgan fingerprint density at radius 1 is 1.56 bits per heavy atom. The second kappa shape index (κ2) is 5.04. The van der Waals surface area contributed by atoms with Gasteiger partial charge in [0.2, 0.25) is 0 Å². The third-order valence-electron chi connectivity index (χ3n) is 3.37. The molecule has 2 aliphatic heterocycles. The van der Waals surface area contributed by atoms with E-state index >= 15 is 0 Å². The number of nitrogens with zero attached hydrogens (tertiary/aromatic N) is 2. The molecule has 0 aromatic heterocycles. The van der Waals surface area contributed by atoms with E-state index in [4.69, 9.17) is 10.5 Å². The molecule has 0 spiro atoms. The van der Waals surface area contributed by atoms with Crippen LogP contribution in [-0.2, 0) is 4.74 Å². The molecule has 2 heterocycles. The number of hydrogen-bond donors (Lipinski definition) is 1. The minimum absolute atomic E-state index is 0.363. The molecule has 0 radical (unpaired) electrons. The van der Waals surface area contributed by atoms with Crippen molar-refractivity contribution in [3.63, 3.8) is 0 Å². The van der Waals surface area contributed by atoms with Gasteiger partial charge in [0, 0.05) is 13.2 Å². The van der Waals surface area contributed by atoms with E-state index in [1.807, 2.05) is 0 Å². The zero-order valence-corrected chi connectivity index (χ0v) is 10.4. The summed E-state index contributed by atoms with van der Waals surface area (Å²) in [5, 5.41) is 0. The zero-order valence-electron chi connectivity index (χ0n) is 10.4. The Morgan fingerprint density at radius 2 is 2.38 bits per heavy atom. The van der Waals surface area contributed by atoms with Crippen molar-refractivity contribution in [1.82, 2.24) is 4.90 Å². The Morgan fingerprint density at radius 3 is 3.00 bits per heavy atom. The molecular weight excluding hydrogens is 202 g/mol. The molecule has 0 bridgehead atoms. The minimum atomic E-state index is 0.363. The van der Waals surface area contributed by atoms with E-state index in [1.54, 1.807) is 0 Å². The molecule has 0 aromatic rings. The fourth-order valence-corrected chi connectivity index (χ4v) is 2.57. The number of nitrogens with two attached hydrogens (primary N) is 1. The summed E-state index contributed by atoms with van der Waals surface area (Å²) in [6.07, 6.45) is 3.88. The zero-order chi connectivity index (χ0) is 11.5. The van der Waals surface area contributed by atoms with E-state index in [0.29, 0.717) is 24.0 Å². The van der Waals surface area contributed by atoms with Gasteiger partial charge >= 0.3 is 0 Å². The van der Waals surface area contributed by atoms with Gasteiger partial charge in [-0.05, 0) is 25.2 Å². The van der Waals surface area contributed by atoms with Gasteiger partial charge in [0.15, 0.2) is 5.96 Å². The van der Waals surface area contributed by atoms with Crippen LogP contribution in [0.5, 0.6) is 0 Å². The monoisotopic (exact) mass is 225 g/mol. The third-order valence-corrected chi connectivity index (χ3v) is 3.37. The summed E-state index contributed by atoms with van der Waals surface area (Å²) in [6.45, 7) is 7.19. The molecule has 2 atom stereocenters. The maximum atomic E-state index is 5.94. The van der Waals surface area contributed by atoms with Crippen molar-refractivity contribution in [2.45, 2.75) is 45.3 Å². The van der Waals surface area contributed by atoms with Crippen LogP contribution in [0.25, 0.3) is 0 Å². The van der Waals surface area contributed by atoms with Crippen LogP contribution in [0.2, 0.25) is 0 Å². The molecule has 2 unspecified atom stereocenters. The first-order valence-electron chi connectivity index (χ1n) is 6.35. The number of guanidine groups is 1. The molecule has 1 fully saturated rings. The van der Waals surface area contributed by atoms with Crippen molar-refractivity contribution in [2.24, 2.45) is 16.6 Å². The molecule has 0 aliphatic carbocycles. The van der Waals surface area contributed by atoms with Crippen LogP contribution in [0.15, 0.2) is 4.99 Å². The first-order chi connectivity index (χ1) is 7.66. The maximum Gasteiger partial charge on any atom is 0.191 e. The maximum absolute atomic E-state index is 5.94. The molecule has 2 N–H and O–H groups in total. The van der Waals surface area contributed by atoms with Gasteiger partial charge in [-0.15, -0.1) is 0 Å². The van der Waals surface area contributed by atoms with Crippen LogP contribution >= 0.6 is 0 Å². The summed E-state index contributed by atoms with van der Waals surface area (Å²) in [5.41, 5.74) is 5.94. The highest BCUT2D eigenvalue weighted by atomic mass is 16.5. The molecule has 0 aromatic carbocycles. The molecule has 16 heavy (non-hydrogen) atoms. The molecule has 2 rings (SSSR count). The predicted molar refractivity (Wildman–Crippen MR) is 65.4 cm³/mol. The van der Waals surface area contributed by atoms with E-state index in [2.05, 4.69) is 23.7 Å². The van der Waals surface area contributed by atoms with E-state index < -0.39 is 0 Å². The number of rotatable bonds is 4. The van der Waals surface area contributed by atoms with Crippen molar-refractivity contribution in [3.05, 3.63) is 0 Å². The Kier molecular flexibility index (Phi) is 3.69. The van der Waals surface area contributed by atoms with Gasteiger partial charge in [-0.3, -0.25) is 4.99 Å². The molecular formula is C12H23N3O. The van der Waals surface area contributed by atoms with Crippen LogP contribution < -0.4 is 5.73 Å². The lowest BCUT2D eigenvalue weighted by Gasteiger charge is -2.29. The first kappa shape index (κ1) is 11.7. The lowest BCUT2D eigenvalue weighted by atomic mass is 10.0. The molecule has 4 heteroatoms. The number of aliphatic imine (C=N–C) groups is 1. The van der Waals surface area contributed by atoms with Crippen molar-refractivity contribution in [2.75, 3.05) is 19.7 Å². The highest BCUT2D eigenvalue weighted by molar-refractivity contribution is 5.80. The van der Waals surface area contributed by atoms with Crippen LogP contribution in [0.1, 0.15) is 33.1 Å². The Bertz CT molecular complexity index is 259. The van der Waals surface area contributed by atoms with Crippen LogP contribution in [0, 0.1) is 5.92 Å². The SMILES string of the molecule is CC(C)CC1CN=C(N)N1CC1CCCO1. The number of ether oxygens (including phenoxy) is 1. The highest BCUT2D eigenvalue weighted by Gasteiger charge is 2.29. The highest BCUT2D eigenvalue weighted by Crippen LogP contribution is 2.20. The van der Waals surface area contributed by atoms with Crippen LogP contribution in [-0.4, -0.2) is 42.7 Å². The van der Waals surface area contributed by atoms with Gasteiger partial charge in [-0.25, -0.2) is 0 Å². The van der Waals surface area contributed by atoms with Gasteiger partial charge in [-0.2, -0.15) is 0 Å². The van der Waals surface area contributed by atoms with Crippen molar-refractivity contribution in [3.8, 4) is 0 Å². The summed E-state index contributed by atoms with van der Waals surface area (Å²) in [7, 11) is 0. The summed E-state index contributed by atoms with van der Waals surface area (Å²) >= 11 is 0. The predicted octanol–water partition coefficient (Wildman–Crippen LogP) is 1.21. The average Bonchev–Trinajstić information content (AvgIpc) is 2.82. The van der Waals surface area contributed by atoms with E-state index in [9.17, 15) is 0 Å². The van der Waals surface area contributed by atoms with Gasteiger partial charge in [0.1, 0.15) is 0 Å². The Balaban J connectivity index is 1.90. The molecule has 0 amide bonds. The van der Waals surface area contributed by atoms with Crippen LogP contribution in [0.4, 0.5) is 0 Å². The second-order valence-corrected chi connectivity index (χ2v) is 5.27. The van der Waals surface area contributed by atoms with Gasteiger partial charge < -0.3 is 15.4 Å². The third kappa shape index (κ3) is 2.67. The van der Waals surface area contributed by atoms with Crippen molar-refractivity contribution < 1.29 is 4.74 Å². The van der Waals surface area contributed by atoms with Gasteiger partial charge in [0.25, 0.3) is 0 Å². The summed E-state index contributed by atoms with van der Waals surface area (Å²) in [4.78, 5) is 6.60. The van der Waals surface area contributed by atoms with E-state index in [-0.39, 0.29) is 0 Å². The fraction of sp³-hybridized carbons (Fsp3) is 0.917. The lowest BCUT2D eigenvalue weighted by Crippen LogP contribution is -2.45. The average molecular weight is 225 g/mol.